The minimum Gasteiger partial charge on any atom is -0.481 e. The van der Waals surface area contributed by atoms with E-state index in [0.717, 1.165) is 11.1 Å². The average molecular weight is 229 g/mol. The second-order valence-electron chi connectivity index (χ2n) is 3.64. The second-order valence-corrected chi connectivity index (χ2v) is 3.64. The Bertz CT molecular complexity index is 555. The van der Waals surface area contributed by atoms with Gasteiger partial charge < -0.3 is 5.11 Å². The van der Waals surface area contributed by atoms with Crippen molar-refractivity contribution in [3.05, 3.63) is 41.9 Å². The van der Waals surface area contributed by atoms with E-state index >= 15 is 0 Å². The lowest BCUT2D eigenvalue weighted by Gasteiger charge is -2.04. The maximum atomic E-state index is 10.6. The van der Waals surface area contributed by atoms with Crippen LogP contribution in [0.5, 0.6) is 0 Å². The van der Waals surface area contributed by atoms with Gasteiger partial charge in [-0.3, -0.25) is 4.79 Å². The largest absolute Gasteiger partial charge is 0.481 e. The van der Waals surface area contributed by atoms with Gasteiger partial charge in [0.25, 0.3) is 0 Å². The lowest BCUT2D eigenvalue weighted by Crippen LogP contribution is -2.06. The summed E-state index contributed by atoms with van der Waals surface area (Å²) in [5.74, 6) is -0.744. The van der Waals surface area contributed by atoms with E-state index in [9.17, 15) is 4.79 Å². The van der Waals surface area contributed by atoms with E-state index in [1.807, 2.05) is 31.2 Å². The minimum atomic E-state index is -0.964. The zero-order valence-electron chi connectivity index (χ0n) is 9.29. The van der Waals surface area contributed by atoms with Crippen molar-refractivity contribution in [3.63, 3.8) is 0 Å². The van der Waals surface area contributed by atoms with Gasteiger partial charge in [-0.2, -0.15) is 5.10 Å². The van der Waals surface area contributed by atoms with Gasteiger partial charge in [0, 0.05) is 5.56 Å². The summed E-state index contributed by atoms with van der Waals surface area (Å²) in [4.78, 5) is 14.8. The molecule has 2 aromatic rings. The Hall–Kier alpha value is -2.30. The van der Waals surface area contributed by atoms with Crippen LogP contribution in [-0.2, 0) is 11.2 Å². The summed E-state index contributed by atoms with van der Waals surface area (Å²) in [5.41, 5.74) is 2.65. The van der Waals surface area contributed by atoms with E-state index in [0.29, 0.717) is 5.69 Å². The van der Waals surface area contributed by atoms with E-state index in [1.54, 1.807) is 0 Å². The van der Waals surface area contributed by atoms with Crippen molar-refractivity contribution in [2.75, 3.05) is 0 Å². The third-order valence-electron chi connectivity index (χ3n) is 2.33. The molecule has 2 rings (SSSR count). The van der Waals surface area contributed by atoms with Gasteiger partial charge >= 0.3 is 5.97 Å². The number of aryl methyl sites for hydroxylation is 1. The molecule has 17 heavy (non-hydrogen) atoms. The molecule has 0 bridgehead atoms. The van der Waals surface area contributed by atoms with Crippen LogP contribution in [0.25, 0.3) is 11.3 Å². The Morgan fingerprint density at radius 3 is 2.82 bits per heavy atom. The lowest BCUT2D eigenvalue weighted by molar-refractivity contribution is -0.136. The molecular formula is C12H11N3O2. The third-order valence-corrected chi connectivity index (χ3v) is 2.33. The summed E-state index contributed by atoms with van der Waals surface area (Å²) in [6, 6.07) is 7.73. The van der Waals surface area contributed by atoms with Crippen molar-refractivity contribution >= 4 is 5.97 Å². The van der Waals surface area contributed by atoms with Gasteiger partial charge in [0.15, 0.2) is 5.82 Å². The van der Waals surface area contributed by atoms with Gasteiger partial charge in [-0.25, -0.2) is 4.98 Å². The van der Waals surface area contributed by atoms with Gasteiger partial charge in [-0.15, -0.1) is 5.10 Å². The molecule has 0 aliphatic rings. The van der Waals surface area contributed by atoms with E-state index in [1.165, 1.54) is 6.20 Å². The molecule has 86 valence electrons. The standard InChI is InChI=1S/C12H11N3O2/c1-8-4-2-3-5-9(8)10-7-13-15-11(14-10)6-12(16)17/h2-5,7H,6H2,1H3,(H,16,17). The molecule has 0 saturated heterocycles. The van der Waals surface area contributed by atoms with E-state index < -0.39 is 5.97 Å². The quantitative estimate of drug-likeness (QED) is 0.862. The second kappa shape index (κ2) is 4.69. The van der Waals surface area contributed by atoms with E-state index in [4.69, 9.17) is 5.11 Å². The van der Waals surface area contributed by atoms with Gasteiger partial charge in [0.2, 0.25) is 0 Å². The fourth-order valence-electron chi connectivity index (χ4n) is 1.54. The minimum absolute atomic E-state index is 0.216. The monoisotopic (exact) mass is 229 g/mol. The predicted octanol–water partition coefficient (Wildman–Crippen LogP) is 1.47. The number of nitrogens with zero attached hydrogens (tertiary/aromatic N) is 3. The van der Waals surface area contributed by atoms with Gasteiger partial charge in [-0.05, 0) is 12.5 Å². The molecule has 1 aromatic heterocycles. The van der Waals surface area contributed by atoms with Gasteiger partial charge in [0.1, 0.15) is 6.42 Å². The van der Waals surface area contributed by atoms with Crippen LogP contribution in [0.3, 0.4) is 0 Å². The molecule has 5 heteroatoms. The first-order valence-electron chi connectivity index (χ1n) is 5.13. The Labute approximate surface area is 98.2 Å². The number of carboxylic acids is 1. The Morgan fingerprint density at radius 2 is 2.12 bits per heavy atom. The van der Waals surface area contributed by atoms with Crippen LogP contribution in [0.2, 0.25) is 0 Å². The molecular weight excluding hydrogens is 218 g/mol. The molecule has 1 N–H and O–H groups in total. The number of carbonyl (C=O) groups is 1. The SMILES string of the molecule is Cc1ccccc1-c1cnnc(CC(=O)O)n1. The van der Waals surface area contributed by atoms with Crippen molar-refractivity contribution in [3.8, 4) is 11.3 Å². The molecule has 0 aliphatic heterocycles. The molecule has 0 spiro atoms. The highest BCUT2D eigenvalue weighted by molar-refractivity contribution is 5.69. The van der Waals surface area contributed by atoms with Crippen molar-refractivity contribution in [2.24, 2.45) is 0 Å². The summed E-state index contributed by atoms with van der Waals surface area (Å²) < 4.78 is 0. The van der Waals surface area contributed by atoms with Crippen LogP contribution in [0, 0.1) is 6.92 Å². The molecule has 0 amide bonds. The predicted molar refractivity (Wildman–Crippen MR) is 61.3 cm³/mol. The first-order chi connectivity index (χ1) is 8.16. The van der Waals surface area contributed by atoms with E-state index in [-0.39, 0.29) is 12.2 Å². The van der Waals surface area contributed by atoms with Crippen LogP contribution in [0.15, 0.2) is 30.5 Å². The molecule has 0 fully saturated rings. The van der Waals surface area contributed by atoms with Crippen molar-refractivity contribution < 1.29 is 9.90 Å². The maximum absolute atomic E-state index is 10.6. The normalized spacial score (nSPS) is 10.2. The van der Waals surface area contributed by atoms with Crippen molar-refractivity contribution in [1.82, 2.24) is 15.2 Å². The third kappa shape index (κ3) is 2.63. The summed E-state index contributed by atoms with van der Waals surface area (Å²) >= 11 is 0. The summed E-state index contributed by atoms with van der Waals surface area (Å²) in [7, 11) is 0. The average Bonchev–Trinajstić information content (AvgIpc) is 2.29. The number of aliphatic carboxylic acids is 1. The lowest BCUT2D eigenvalue weighted by atomic mass is 10.1. The molecule has 0 radical (unpaired) electrons. The molecule has 1 heterocycles. The van der Waals surface area contributed by atoms with Crippen molar-refractivity contribution in [1.29, 1.82) is 0 Å². The Balaban J connectivity index is 2.40. The Morgan fingerprint density at radius 1 is 1.35 bits per heavy atom. The number of rotatable bonds is 3. The fourth-order valence-corrected chi connectivity index (χ4v) is 1.54. The number of hydrogen-bond acceptors (Lipinski definition) is 4. The number of carboxylic acid groups (broad SMARTS) is 1. The maximum Gasteiger partial charge on any atom is 0.311 e. The van der Waals surface area contributed by atoms with Crippen LogP contribution in [-0.4, -0.2) is 26.3 Å². The molecule has 0 atom stereocenters. The molecule has 1 aromatic carbocycles. The summed E-state index contributed by atoms with van der Waals surface area (Å²) in [6.07, 6.45) is 1.32. The van der Waals surface area contributed by atoms with Gasteiger partial charge in [-0.1, -0.05) is 24.3 Å². The highest BCUT2D eigenvalue weighted by Crippen LogP contribution is 2.19. The van der Waals surface area contributed by atoms with Crippen LogP contribution < -0.4 is 0 Å². The summed E-state index contributed by atoms with van der Waals surface area (Å²) in [5, 5.41) is 16.1. The van der Waals surface area contributed by atoms with Crippen LogP contribution in [0.4, 0.5) is 0 Å². The first kappa shape index (κ1) is 11.2. The van der Waals surface area contributed by atoms with Gasteiger partial charge in [0.05, 0.1) is 11.9 Å². The molecule has 0 unspecified atom stereocenters. The number of aromatic nitrogens is 3. The van der Waals surface area contributed by atoms with Crippen molar-refractivity contribution in [2.45, 2.75) is 13.3 Å². The molecule has 0 aliphatic carbocycles. The smallest absolute Gasteiger partial charge is 0.311 e. The fraction of sp³-hybridized carbons (Fsp3) is 0.167. The van der Waals surface area contributed by atoms with E-state index in [2.05, 4.69) is 15.2 Å². The number of benzene rings is 1. The molecule has 0 saturated carbocycles. The van der Waals surface area contributed by atoms with Crippen LogP contribution >= 0.6 is 0 Å². The number of hydrogen-bond donors (Lipinski definition) is 1. The molecule has 5 nitrogen and oxygen atoms in total. The van der Waals surface area contributed by atoms with Crippen LogP contribution in [0.1, 0.15) is 11.4 Å². The zero-order chi connectivity index (χ0) is 12.3. The highest BCUT2D eigenvalue weighted by Gasteiger charge is 2.08. The first-order valence-corrected chi connectivity index (χ1v) is 5.13. The highest BCUT2D eigenvalue weighted by atomic mass is 16.4. The zero-order valence-corrected chi connectivity index (χ0v) is 9.29. The summed E-state index contributed by atoms with van der Waals surface area (Å²) in [6.45, 7) is 1.97. The topological polar surface area (TPSA) is 76.0 Å². The Kier molecular flexibility index (Phi) is 3.09.